The molecule has 3 aromatic carbocycles. The number of H-pyrrole nitrogens is 1. The van der Waals surface area contributed by atoms with E-state index in [2.05, 4.69) is 38.7 Å². The van der Waals surface area contributed by atoms with Crippen molar-refractivity contribution in [1.29, 1.82) is 0 Å². The molecule has 0 fully saturated rings. The van der Waals surface area contributed by atoms with Gasteiger partial charge in [0.15, 0.2) is 5.82 Å². The summed E-state index contributed by atoms with van der Waals surface area (Å²) < 4.78 is 5.64. The lowest BCUT2D eigenvalue weighted by Gasteiger charge is -2.16. The van der Waals surface area contributed by atoms with E-state index in [0.29, 0.717) is 21.8 Å². The van der Waals surface area contributed by atoms with Gasteiger partial charge in [0.2, 0.25) is 11.1 Å². The Labute approximate surface area is 189 Å². The number of carbonyl (C=O) groups is 1. The summed E-state index contributed by atoms with van der Waals surface area (Å²) in [7, 11) is 0. The molecular formula is C23H21ClN4O2S. The summed E-state index contributed by atoms with van der Waals surface area (Å²) in [5.74, 6) is 1.43. The molecule has 31 heavy (non-hydrogen) atoms. The molecule has 0 aliphatic carbocycles. The second-order valence-corrected chi connectivity index (χ2v) is 8.33. The van der Waals surface area contributed by atoms with Crippen molar-refractivity contribution >= 4 is 40.0 Å². The van der Waals surface area contributed by atoms with E-state index in [-0.39, 0.29) is 24.3 Å². The maximum Gasteiger partial charge on any atom is 0.230 e. The Bertz CT molecular complexity index is 1170. The van der Waals surface area contributed by atoms with Crippen LogP contribution in [0.2, 0.25) is 5.02 Å². The van der Waals surface area contributed by atoms with Crippen LogP contribution in [0.15, 0.2) is 71.9 Å². The van der Waals surface area contributed by atoms with Gasteiger partial charge in [-0.15, -0.1) is 5.10 Å². The smallest absolute Gasteiger partial charge is 0.230 e. The standard InChI is InChI=1S/C23H21ClN4O2S/c1-15(19-8-4-6-16-5-2-3-7-20(16)19)25-22(29)14-31-23-26-21(27-28-23)13-30-18-11-9-17(24)10-12-18/h2-12,15H,13-14H2,1H3,(H,25,29)(H,26,27,28). The number of hydrogen-bond donors (Lipinski definition) is 2. The molecule has 4 aromatic rings. The van der Waals surface area contributed by atoms with Crippen molar-refractivity contribution in [2.45, 2.75) is 24.7 Å². The molecule has 0 saturated carbocycles. The number of carbonyl (C=O) groups excluding carboxylic acids is 1. The molecule has 1 amide bonds. The Hall–Kier alpha value is -3.03. The topological polar surface area (TPSA) is 79.9 Å². The lowest BCUT2D eigenvalue weighted by atomic mass is 10.00. The Morgan fingerprint density at radius 2 is 1.90 bits per heavy atom. The van der Waals surface area contributed by atoms with E-state index in [1.165, 1.54) is 11.8 Å². The van der Waals surface area contributed by atoms with E-state index in [0.717, 1.165) is 16.3 Å². The van der Waals surface area contributed by atoms with Gasteiger partial charge in [0.25, 0.3) is 0 Å². The molecule has 1 aromatic heterocycles. The highest BCUT2D eigenvalue weighted by Crippen LogP contribution is 2.24. The van der Waals surface area contributed by atoms with Crippen LogP contribution >= 0.6 is 23.4 Å². The number of aromatic nitrogens is 3. The first-order chi connectivity index (χ1) is 15.1. The number of ether oxygens (including phenoxy) is 1. The molecule has 1 heterocycles. The molecule has 0 bridgehead atoms. The molecule has 4 rings (SSSR count). The molecule has 8 heteroatoms. The average Bonchev–Trinajstić information content (AvgIpc) is 3.25. The lowest BCUT2D eigenvalue weighted by Crippen LogP contribution is -2.28. The normalized spacial score (nSPS) is 11.9. The molecule has 0 spiro atoms. The van der Waals surface area contributed by atoms with Crippen molar-refractivity contribution < 1.29 is 9.53 Å². The van der Waals surface area contributed by atoms with Gasteiger partial charge < -0.3 is 10.1 Å². The van der Waals surface area contributed by atoms with Gasteiger partial charge in [-0.2, -0.15) is 0 Å². The van der Waals surface area contributed by atoms with Crippen LogP contribution in [0, 0.1) is 0 Å². The quantitative estimate of drug-likeness (QED) is 0.361. The van der Waals surface area contributed by atoms with Gasteiger partial charge in [-0.05, 0) is 47.5 Å². The Balaban J connectivity index is 1.28. The summed E-state index contributed by atoms with van der Waals surface area (Å²) in [6.07, 6.45) is 0. The minimum atomic E-state index is -0.102. The highest BCUT2D eigenvalue weighted by atomic mass is 35.5. The van der Waals surface area contributed by atoms with Crippen LogP contribution in [0.25, 0.3) is 10.8 Å². The Kier molecular flexibility index (Phi) is 6.74. The molecule has 1 unspecified atom stereocenters. The second-order valence-electron chi connectivity index (χ2n) is 6.95. The number of hydrogen-bond acceptors (Lipinski definition) is 5. The zero-order valence-corrected chi connectivity index (χ0v) is 18.4. The third-order valence-electron chi connectivity index (χ3n) is 4.70. The predicted octanol–water partition coefficient (Wildman–Crippen LogP) is 5.16. The van der Waals surface area contributed by atoms with E-state index in [1.54, 1.807) is 24.3 Å². The van der Waals surface area contributed by atoms with Crippen LogP contribution in [-0.2, 0) is 11.4 Å². The van der Waals surface area contributed by atoms with Crippen molar-refractivity contribution in [2.75, 3.05) is 5.75 Å². The largest absolute Gasteiger partial charge is 0.486 e. The van der Waals surface area contributed by atoms with Crippen molar-refractivity contribution in [1.82, 2.24) is 20.5 Å². The Morgan fingerprint density at radius 3 is 2.74 bits per heavy atom. The van der Waals surface area contributed by atoms with Crippen molar-refractivity contribution in [2.24, 2.45) is 0 Å². The molecule has 2 N–H and O–H groups in total. The SMILES string of the molecule is CC(NC(=O)CSc1n[nH]c(COc2ccc(Cl)cc2)n1)c1cccc2ccccc12. The van der Waals surface area contributed by atoms with Crippen molar-refractivity contribution in [3.05, 3.63) is 83.1 Å². The molecule has 0 aliphatic heterocycles. The Morgan fingerprint density at radius 1 is 1.13 bits per heavy atom. The number of amides is 1. The zero-order valence-electron chi connectivity index (χ0n) is 16.8. The maximum absolute atomic E-state index is 12.4. The van der Waals surface area contributed by atoms with Crippen LogP contribution in [0.1, 0.15) is 24.4 Å². The summed E-state index contributed by atoms with van der Waals surface area (Å²) in [4.78, 5) is 16.8. The fraction of sp³-hybridized carbons (Fsp3) is 0.174. The first kappa shape index (κ1) is 21.2. The minimum absolute atomic E-state index is 0.0748. The summed E-state index contributed by atoms with van der Waals surface area (Å²) in [6.45, 7) is 2.24. The number of benzene rings is 3. The number of nitrogens with zero attached hydrogens (tertiary/aromatic N) is 2. The van der Waals surface area contributed by atoms with Gasteiger partial charge in [0.05, 0.1) is 11.8 Å². The number of rotatable bonds is 8. The second kappa shape index (κ2) is 9.85. The predicted molar refractivity (Wildman–Crippen MR) is 123 cm³/mol. The van der Waals surface area contributed by atoms with E-state index in [9.17, 15) is 4.79 Å². The van der Waals surface area contributed by atoms with Gasteiger partial charge in [-0.1, -0.05) is 65.8 Å². The summed E-state index contributed by atoms with van der Waals surface area (Å²) >= 11 is 7.14. The number of thioether (sulfide) groups is 1. The van der Waals surface area contributed by atoms with Gasteiger partial charge in [0.1, 0.15) is 12.4 Å². The maximum atomic E-state index is 12.4. The summed E-state index contributed by atoms with van der Waals surface area (Å²) in [6, 6.07) is 21.3. The fourth-order valence-corrected chi connectivity index (χ4v) is 3.96. The molecule has 0 radical (unpaired) electrons. The van der Waals surface area contributed by atoms with Crippen LogP contribution in [-0.4, -0.2) is 26.8 Å². The monoisotopic (exact) mass is 452 g/mol. The van der Waals surface area contributed by atoms with Gasteiger partial charge in [0, 0.05) is 5.02 Å². The summed E-state index contributed by atoms with van der Waals surface area (Å²) in [5, 5.41) is 13.5. The van der Waals surface area contributed by atoms with Crippen LogP contribution in [0.3, 0.4) is 0 Å². The highest BCUT2D eigenvalue weighted by molar-refractivity contribution is 7.99. The first-order valence-electron chi connectivity index (χ1n) is 9.78. The third-order valence-corrected chi connectivity index (χ3v) is 5.80. The zero-order chi connectivity index (χ0) is 21.6. The van der Waals surface area contributed by atoms with Crippen LogP contribution < -0.4 is 10.1 Å². The van der Waals surface area contributed by atoms with Crippen LogP contribution in [0.5, 0.6) is 5.75 Å². The third kappa shape index (κ3) is 5.57. The molecule has 1 atom stereocenters. The van der Waals surface area contributed by atoms with E-state index < -0.39 is 0 Å². The van der Waals surface area contributed by atoms with E-state index in [1.807, 2.05) is 31.2 Å². The van der Waals surface area contributed by atoms with E-state index in [4.69, 9.17) is 16.3 Å². The highest BCUT2D eigenvalue weighted by Gasteiger charge is 2.14. The van der Waals surface area contributed by atoms with Gasteiger partial charge in [-0.3, -0.25) is 9.89 Å². The van der Waals surface area contributed by atoms with E-state index >= 15 is 0 Å². The number of nitrogens with one attached hydrogen (secondary N) is 2. The first-order valence-corrected chi connectivity index (χ1v) is 11.1. The minimum Gasteiger partial charge on any atom is -0.486 e. The molecular weight excluding hydrogens is 432 g/mol. The lowest BCUT2D eigenvalue weighted by molar-refractivity contribution is -0.119. The van der Waals surface area contributed by atoms with Crippen molar-refractivity contribution in [3.63, 3.8) is 0 Å². The fourth-order valence-electron chi connectivity index (χ4n) is 3.21. The van der Waals surface area contributed by atoms with Crippen LogP contribution in [0.4, 0.5) is 0 Å². The van der Waals surface area contributed by atoms with Gasteiger partial charge in [-0.25, -0.2) is 4.98 Å². The molecule has 6 nitrogen and oxygen atoms in total. The number of halogens is 1. The number of fused-ring (bicyclic) bond motifs is 1. The van der Waals surface area contributed by atoms with Gasteiger partial charge >= 0.3 is 0 Å². The number of aromatic amines is 1. The molecule has 158 valence electrons. The summed E-state index contributed by atoms with van der Waals surface area (Å²) in [5.41, 5.74) is 1.09. The van der Waals surface area contributed by atoms with Crippen molar-refractivity contribution in [3.8, 4) is 5.75 Å². The average molecular weight is 453 g/mol. The molecule has 0 aliphatic rings. The molecule has 0 saturated heterocycles.